The summed E-state index contributed by atoms with van der Waals surface area (Å²) in [5, 5.41) is 3.14. The summed E-state index contributed by atoms with van der Waals surface area (Å²) >= 11 is 0. The fourth-order valence-corrected chi connectivity index (χ4v) is 4.82. The van der Waals surface area contributed by atoms with Crippen molar-refractivity contribution in [2.24, 2.45) is 5.92 Å². The summed E-state index contributed by atoms with van der Waals surface area (Å²) < 4.78 is 10.7. The molecule has 0 radical (unpaired) electrons. The van der Waals surface area contributed by atoms with Gasteiger partial charge in [-0.2, -0.15) is 0 Å². The minimum atomic E-state index is -0.444. The average molecular weight is 431 g/mol. The van der Waals surface area contributed by atoms with Crippen LogP contribution >= 0.6 is 0 Å². The zero-order valence-corrected chi connectivity index (χ0v) is 18.9. The van der Waals surface area contributed by atoms with Gasteiger partial charge in [0.25, 0.3) is 0 Å². The number of amides is 2. The highest BCUT2D eigenvalue weighted by atomic mass is 16.5. The van der Waals surface area contributed by atoms with E-state index >= 15 is 0 Å². The van der Waals surface area contributed by atoms with Gasteiger partial charge in [0.2, 0.25) is 11.8 Å². The first-order valence-corrected chi connectivity index (χ1v) is 11.2. The molecule has 1 N–H and O–H groups in total. The molecule has 2 fully saturated rings. The van der Waals surface area contributed by atoms with Gasteiger partial charge in [0.1, 0.15) is 5.78 Å². The van der Waals surface area contributed by atoms with Crippen LogP contribution in [0.2, 0.25) is 0 Å². The predicted molar refractivity (Wildman–Crippen MR) is 117 cm³/mol. The molecule has 7 nitrogen and oxygen atoms in total. The summed E-state index contributed by atoms with van der Waals surface area (Å²) in [5.74, 6) is 1.61. The Morgan fingerprint density at radius 2 is 2.00 bits per heavy atom. The van der Waals surface area contributed by atoms with Gasteiger partial charge >= 0.3 is 0 Å². The average Bonchev–Trinajstić information content (AvgIpc) is 3.17. The number of carbonyl (C=O) groups excluding carboxylic acids is 3. The maximum absolute atomic E-state index is 12.9. The first-order valence-electron chi connectivity index (χ1n) is 11.2. The van der Waals surface area contributed by atoms with Crippen LogP contribution in [0.5, 0.6) is 11.5 Å². The van der Waals surface area contributed by atoms with Crippen molar-refractivity contribution in [3.63, 3.8) is 0 Å². The van der Waals surface area contributed by atoms with Crippen LogP contribution in [0.15, 0.2) is 18.2 Å². The third-order valence-electron chi connectivity index (χ3n) is 6.62. The van der Waals surface area contributed by atoms with E-state index in [2.05, 4.69) is 5.32 Å². The number of benzene rings is 1. The smallest absolute Gasteiger partial charge is 0.222 e. The minimum absolute atomic E-state index is 0.0273. The molecule has 3 rings (SSSR count). The van der Waals surface area contributed by atoms with Crippen molar-refractivity contribution in [3.8, 4) is 11.5 Å². The van der Waals surface area contributed by atoms with E-state index in [-0.39, 0.29) is 23.5 Å². The first kappa shape index (κ1) is 23.1. The fraction of sp³-hybridized carbons (Fsp3) is 0.625. The number of piperidine rings is 1. The Labute approximate surface area is 184 Å². The summed E-state index contributed by atoms with van der Waals surface area (Å²) in [4.78, 5) is 38.9. The molecular formula is C24H34N2O5. The van der Waals surface area contributed by atoms with E-state index in [4.69, 9.17) is 9.47 Å². The monoisotopic (exact) mass is 430 g/mol. The molecule has 2 aliphatic rings. The molecule has 0 saturated carbocycles. The standard InChI is InChI=1S/C24H34N2O5/c1-4-19(27)18-6-5-13-26(16-18)23(29)10-12-24(11-9-22(28)25-24)15-17-7-8-20(30-2)21(14-17)31-3/h7-8,14,18H,4-6,9-13,15-16H2,1-3H3,(H,25,28). The van der Waals surface area contributed by atoms with Gasteiger partial charge in [0.15, 0.2) is 11.5 Å². The normalized spacial score (nSPS) is 23.4. The number of hydrogen-bond donors (Lipinski definition) is 1. The zero-order valence-electron chi connectivity index (χ0n) is 18.9. The number of nitrogens with zero attached hydrogens (tertiary/aromatic N) is 1. The third-order valence-corrected chi connectivity index (χ3v) is 6.62. The molecule has 31 heavy (non-hydrogen) atoms. The Morgan fingerprint density at radius 3 is 2.65 bits per heavy atom. The highest BCUT2D eigenvalue weighted by Gasteiger charge is 2.39. The van der Waals surface area contributed by atoms with E-state index < -0.39 is 5.54 Å². The zero-order chi connectivity index (χ0) is 22.4. The molecule has 0 aromatic heterocycles. The largest absolute Gasteiger partial charge is 0.493 e. The van der Waals surface area contributed by atoms with Crippen LogP contribution in [-0.4, -0.2) is 55.3 Å². The van der Waals surface area contributed by atoms with Crippen LogP contribution < -0.4 is 14.8 Å². The summed E-state index contributed by atoms with van der Waals surface area (Å²) in [7, 11) is 3.20. The minimum Gasteiger partial charge on any atom is -0.493 e. The number of rotatable bonds is 9. The number of ketones is 1. The van der Waals surface area contributed by atoms with E-state index in [1.807, 2.05) is 30.0 Å². The molecule has 170 valence electrons. The molecule has 2 amide bonds. The lowest BCUT2D eigenvalue weighted by molar-refractivity contribution is -0.135. The molecule has 2 heterocycles. The highest BCUT2D eigenvalue weighted by Crippen LogP contribution is 2.34. The van der Waals surface area contributed by atoms with Crippen molar-refractivity contribution in [2.45, 2.75) is 63.8 Å². The van der Waals surface area contributed by atoms with E-state index in [9.17, 15) is 14.4 Å². The Morgan fingerprint density at radius 1 is 1.23 bits per heavy atom. The lowest BCUT2D eigenvalue weighted by Gasteiger charge is -2.34. The number of methoxy groups -OCH3 is 2. The van der Waals surface area contributed by atoms with E-state index in [1.54, 1.807) is 14.2 Å². The highest BCUT2D eigenvalue weighted by molar-refractivity contribution is 5.83. The molecule has 2 unspecified atom stereocenters. The van der Waals surface area contributed by atoms with Gasteiger partial charge in [-0.05, 0) is 49.8 Å². The number of carbonyl (C=O) groups is 3. The molecule has 0 bridgehead atoms. The summed E-state index contributed by atoms with van der Waals surface area (Å²) in [6, 6.07) is 5.77. The van der Waals surface area contributed by atoms with Crippen LogP contribution in [0.25, 0.3) is 0 Å². The van der Waals surface area contributed by atoms with E-state index in [1.165, 1.54) is 0 Å². The Balaban J connectivity index is 1.67. The lowest BCUT2D eigenvalue weighted by atomic mass is 9.84. The van der Waals surface area contributed by atoms with Gasteiger partial charge in [-0.15, -0.1) is 0 Å². The Hall–Kier alpha value is -2.57. The van der Waals surface area contributed by atoms with Crippen LogP contribution in [0.3, 0.4) is 0 Å². The van der Waals surface area contributed by atoms with Crippen molar-refractivity contribution in [2.75, 3.05) is 27.3 Å². The van der Waals surface area contributed by atoms with Crippen molar-refractivity contribution < 1.29 is 23.9 Å². The summed E-state index contributed by atoms with van der Waals surface area (Å²) in [5.41, 5.74) is 0.583. The third kappa shape index (κ3) is 5.57. The topological polar surface area (TPSA) is 84.9 Å². The van der Waals surface area contributed by atoms with Crippen LogP contribution in [0.4, 0.5) is 0 Å². The van der Waals surface area contributed by atoms with Crippen LogP contribution in [0, 0.1) is 5.92 Å². The van der Waals surface area contributed by atoms with E-state index in [0.717, 1.165) is 18.4 Å². The predicted octanol–water partition coefficient (Wildman–Crippen LogP) is 2.89. The molecule has 2 atom stereocenters. The molecule has 1 aromatic rings. The van der Waals surface area contributed by atoms with Crippen LogP contribution in [-0.2, 0) is 20.8 Å². The molecule has 2 aliphatic heterocycles. The molecule has 1 aromatic carbocycles. The maximum atomic E-state index is 12.9. The SMILES string of the molecule is CCC(=O)C1CCCN(C(=O)CCC2(Cc3ccc(OC)c(OC)c3)CCC(=O)N2)C1. The second-order valence-corrected chi connectivity index (χ2v) is 8.69. The molecular weight excluding hydrogens is 396 g/mol. The number of likely N-dealkylation sites (tertiary alicyclic amines) is 1. The summed E-state index contributed by atoms with van der Waals surface area (Å²) in [6.07, 6.45) is 5.00. The van der Waals surface area contributed by atoms with Crippen molar-refractivity contribution in [1.82, 2.24) is 10.2 Å². The molecule has 0 aliphatic carbocycles. The first-order chi connectivity index (χ1) is 14.9. The van der Waals surface area contributed by atoms with Gasteiger partial charge in [0, 0.05) is 43.8 Å². The van der Waals surface area contributed by atoms with Gasteiger partial charge in [0.05, 0.1) is 14.2 Å². The number of ether oxygens (including phenoxy) is 2. The molecule has 2 saturated heterocycles. The van der Waals surface area contributed by atoms with Gasteiger partial charge < -0.3 is 19.7 Å². The maximum Gasteiger partial charge on any atom is 0.222 e. The number of hydrogen-bond acceptors (Lipinski definition) is 5. The van der Waals surface area contributed by atoms with Crippen molar-refractivity contribution in [1.29, 1.82) is 0 Å². The van der Waals surface area contributed by atoms with Crippen molar-refractivity contribution in [3.05, 3.63) is 23.8 Å². The Kier molecular flexibility index (Phi) is 7.57. The molecule has 0 spiro atoms. The van der Waals surface area contributed by atoms with E-state index in [0.29, 0.717) is 63.1 Å². The van der Waals surface area contributed by atoms with Gasteiger partial charge in [-0.3, -0.25) is 14.4 Å². The van der Waals surface area contributed by atoms with Gasteiger partial charge in [-0.1, -0.05) is 13.0 Å². The second kappa shape index (κ2) is 10.2. The lowest BCUT2D eigenvalue weighted by Crippen LogP contribution is -2.46. The van der Waals surface area contributed by atoms with Crippen LogP contribution in [0.1, 0.15) is 57.4 Å². The molecule has 7 heteroatoms. The number of Topliss-reactive ketones (excluding diaryl/α,β-unsaturated/α-hetero) is 1. The number of nitrogens with one attached hydrogen (secondary N) is 1. The Bertz CT molecular complexity index is 824. The second-order valence-electron chi connectivity index (χ2n) is 8.69. The quantitative estimate of drug-likeness (QED) is 0.651. The van der Waals surface area contributed by atoms with Crippen molar-refractivity contribution >= 4 is 17.6 Å². The van der Waals surface area contributed by atoms with Gasteiger partial charge in [-0.25, -0.2) is 0 Å². The fourth-order valence-electron chi connectivity index (χ4n) is 4.82. The summed E-state index contributed by atoms with van der Waals surface area (Å²) in [6.45, 7) is 3.12.